The van der Waals surface area contributed by atoms with E-state index in [1.807, 2.05) is 18.2 Å². The summed E-state index contributed by atoms with van der Waals surface area (Å²) in [6, 6.07) is 17.2. The van der Waals surface area contributed by atoms with Crippen LogP contribution in [0.5, 0.6) is 11.5 Å². The zero-order chi connectivity index (χ0) is 14.7. The molecule has 1 aliphatic carbocycles. The third-order valence-electron chi connectivity index (χ3n) is 4.06. The number of methoxy groups -OCH3 is 2. The van der Waals surface area contributed by atoms with Crippen molar-refractivity contribution in [3.63, 3.8) is 0 Å². The van der Waals surface area contributed by atoms with Crippen LogP contribution < -0.4 is 14.8 Å². The summed E-state index contributed by atoms with van der Waals surface area (Å²) in [5, 5.41) is 3.61. The van der Waals surface area contributed by atoms with E-state index in [1.54, 1.807) is 14.2 Å². The lowest BCUT2D eigenvalue weighted by molar-refractivity contribution is 0.397. The summed E-state index contributed by atoms with van der Waals surface area (Å²) >= 11 is 0. The van der Waals surface area contributed by atoms with Crippen molar-refractivity contribution in [1.82, 2.24) is 5.32 Å². The van der Waals surface area contributed by atoms with Crippen LogP contribution in [0.1, 0.15) is 23.5 Å². The van der Waals surface area contributed by atoms with Crippen LogP contribution >= 0.6 is 0 Å². The molecule has 0 heterocycles. The summed E-state index contributed by atoms with van der Waals surface area (Å²) < 4.78 is 10.7. The maximum absolute atomic E-state index is 5.41. The van der Waals surface area contributed by atoms with E-state index in [0.29, 0.717) is 12.0 Å². The molecule has 0 aliphatic heterocycles. The number of rotatable bonds is 6. The van der Waals surface area contributed by atoms with Crippen LogP contribution in [0, 0.1) is 0 Å². The van der Waals surface area contributed by atoms with E-state index in [4.69, 9.17) is 9.47 Å². The van der Waals surface area contributed by atoms with Gasteiger partial charge in [-0.15, -0.1) is 0 Å². The Labute approximate surface area is 125 Å². The summed E-state index contributed by atoms with van der Waals surface area (Å²) in [6.07, 6.45) is 1.20. The summed E-state index contributed by atoms with van der Waals surface area (Å²) in [7, 11) is 3.39. The van der Waals surface area contributed by atoms with Gasteiger partial charge in [-0.2, -0.15) is 0 Å². The predicted molar refractivity (Wildman–Crippen MR) is 84.0 cm³/mol. The molecule has 1 saturated carbocycles. The van der Waals surface area contributed by atoms with Crippen LogP contribution in [-0.4, -0.2) is 20.3 Å². The second-order valence-electron chi connectivity index (χ2n) is 5.42. The van der Waals surface area contributed by atoms with Crippen LogP contribution in [0.2, 0.25) is 0 Å². The Hall–Kier alpha value is -2.00. The fourth-order valence-corrected chi connectivity index (χ4v) is 2.75. The Morgan fingerprint density at radius 2 is 1.86 bits per heavy atom. The van der Waals surface area contributed by atoms with Gasteiger partial charge in [0.05, 0.1) is 14.2 Å². The highest BCUT2D eigenvalue weighted by Gasteiger charge is 2.37. The zero-order valence-electron chi connectivity index (χ0n) is 12.5. The van der Waals surface area contributed by atoms with Crippen molar-refractivity contribution >= 4 is 0 Å². The average Bonchev–Trinajstić information content (AvgIpc) is 3.33. The maximum Gasteiger partial charge on any atom is 0.123 e. The second kappa shape index (κ2) is 6.19. The standard InChI is InChI=1S/C18H21NO2/c1-20-15-8-9-18(21-2)14(10-15)12-19-17-11-16(17)13-6-4-3-5-7-13/h3-10,16-17,19H,11-12H2,1-2H3/t16?,17-/m0/s1. The molecule has 1 unspecified atom stereocenters. The molecule has 2 atom stereocenters. The van der Waals surface area contributed by atoms with E-state index >= 15 is 0 Å². The lowest BCUT2D eigenvalue weighted by atomic mass is 10.1. The largest absolute Gasteiger partial charge is 0.497 e. The lowest BCUT2D eigenvalue weighted by Crippen LogP contribution is -2.17. The number of benzene rings is 2. The third kappa shape index (κ3) is 3.19. The molecule has 2 aromatic carbocycles. The van der Waals surface area contributed by atoms with E-state index in [0.717, 1.165) is 23.6 Å². The molecule has 0 aromatic heterocycles. The van der Waals surface area contributed by atoms with Crippen molar-refractivity contribution < 1.29 is 9.47 Å². The topological polar surface area (TPSA) is 30.5 Å². The molecule has 0 saturated heterocycles. The smallest absolute Gasteiger partial charge is 0.123 e. The van der Waals surface area contributed by atoms with Gasteiger partial charge in [-0.05, 0) is 30.2 Å². The highest BCUT2D eigenvalue weighted by atomic mass is 16.5. The first kappa shape index (κ1) is 14.0. The van der Waals surface area contributed by atoms with Crippen molar-refractivity contribution in [2.75, 3.05) is 14.2 Å². The van der Waals surface area contributed by atoms with Gasteiger partial charge in [0.2, 0.25) is 0 Å². The zero-order valence-corrected chi connectivity index (χ0v) is 12.5. The molecule has 0 spiro atoms. The number of nitrogens with one attached hydrogen (secondary N) is 1. The van der Waals surface area contributed by atoms with Crippen LogP contribution in [0.15, 0.2) is 48.5 Å². The van der Waals surface area contributed by atoms with Gasteiger partial charge in [0.15, 0.2) is 0 Å². The Morgan fingerprint density at radius 3 is 2.57 bits per heavy atom. The lowest BCUT2D eigenvalue weighted by Gasteiger charge is -2.11. The molecule has 21 heavy (non-hydrogen) atoms. The van der Waals surface area contributed by atoms with Crippen molar-refractivity contribution in [2.24, 2.45) is 0 Å². The monoisotopic (exact) mass is 283 g/mol. The SMILES string of the molecule is COc1ccc(OC)c(CN[C@H]2CC2c2ccccc2)c1. The molecule has 3 nitrogen and oxygen atoms in total. The van der Waals surface area contributed by atoms with Gasteiger partial charge < -0.3 is 14.8 Å². The molecule has 110 valence electrons. The van der Waals surface area contributed by atoms with E-state index in [2.05, 4.69) is 35.6 Å². The number of hydrogen-bond acceptors (Lipinski definition) is 3. The summed E-state index contributed by atoms with van der Waals surface area (Å²) in [5.41, 5.74) is 2.56. The molecule has 0 amide bonds. The van der Waals surface area contributed by atoms with Gasteiger partial charge in [0.1, 0.15) is 11.5 Å². The molecular weight excluding hydrogens is 262 g/mol. The highest BCUT2D eigenvalue weighted by molar-refractivity contribution is 5.40. The van der Waals surface area contributed by atoms with Gasteiger partial charge in [-0.1, -0.05) is 30.3 Å². The molecular formula is C18H21NO2. The molecule has 3 heteroatoms. The fraction of sp³-hybridized carbons (Fsp3) is 0.333. The van der Waals surface area contributed by atoms with Gasteiger partial charge in [-0.25, -0.2) is 0 Å². The van der Waals surface area contributed by atoms with Crippen molar-refractivity contribution in [3.8, 4) is 11.5 Å². The minimum Gasteiger partial charge on any atom is -0.497 e. The van der Waals surface area contributed by atoms with Gasteiger partial charge in [0, 0.05) is 24.1 Å². The van der Waals surface area contributed by atoms with E-state index in [9.17, 15) is 0 Å². The van der Waals surface area contributed by atoms with Crippen LogP contribution in [-0.2, 0) is 6.54 Å². The Kier molecular flexibility index (Phi) is 4.11. The van der Waals surface area contributed by atoms with Crippen molar-refractivity contribution in [3.05, 3.63) is 59.7 Å². The third-order valence-corrected chi connectivity index (χ3v) is 4.06. The Morgan fingerprint density at radius 1 is 1.05 bits per heavy atom. The van der Waals surface area contributed by atoms with Crippen LogP contribution in [0.3, 0.4) is 0 Å². The first-order valence-electron chi connectivity index (χ1n) is 7.31. The minimum absolute atomic E-state index is 0.559. The Bertz CT molecular complexity index is 597. The highest BCUT2D eigenvalue weighted by Crippen LogP contribution is 2.41. The van der Waals surface area contributed by atoms with Gasteiger partial charge in [-0.3, -0.25) is 0 Å². The molecule has 3 rings (SSSR count). The summed E-state index contributed by atoms with van der Waals surface area (Å²) in [5.74, 6) is 2.41. The summed E-state index contributed by atoms with van der Waals surface area (Å²) in [6.45, 7) is 0.800. The second-order valence-corrected chi connectivity index (χ2v) is 5.42. The Balaban J connectivity index is 1.61. The van der Waals surface area contributed by atoms with Crippen LogP contribution in [0.4, 0.5) is 0 Å². The first-order chi connectivity index (χ1) is 10.3. The summed E-state index contributed by atoms with van der Waals surface area (Å²) in [4.78, 5) is 0. The van der Waals surface area contributed by atoms with Crippen LogP contribution in [0.25, 0.3) is 0 Å². The van der Waals surface area contributed by atoms with E-state index in [-0.39, 0.29) is 0 Å². The molecule has 2 aromatic rings. The normalized spacial score (nSPS) is 20.1. The number of ether oxygens (including phenoxy) is 2. The molecule has 1 fully saturated rings. The van der Waals surface area contributed by atoms with Gasteiger partial charge >= 0.3 is 0 Å². The van der Waals surface area contributed by atoms with Gasteiger partial charge in [0.25, 0.3) is 0 Å². The molecule has 0 radical (unpaired) electrons. The molecule has 1 N–H and O–H groups in total. The quantitative estimate of drug-likeness (QED) is 0.882. The maximum atomic E-state index is 5.41. The van der Waals surface area contributed by atoms with E-state index in [1.165, 1.54) is 12.0 Å². The molecule has 1 aliphatic rings. The fourth-order valence-electron chi connectivity index (χ4n) is 2.75. The number of hydrogen-bond donors (Lipinski definition) is 1. The molecule has 0 bridgehead atoms. The predicted octanol–water partition coefficient (Wildman–Crippen LogP) is 3.35. The minimum atomic E-state index is 0.559. The average molecular weight is 283 g/mol. The van der Waals surface area contributed by atoms with E-state index < -0.39 is 0 Å². The first-order valence-corrected chi connectivity index (χ1v) is 7.31. The van der Waals surface area contributed by atoms with Crippen molar-refractivity contribution in [1.29, 1.82) is 0 Å². The van der Waals surface area contributed by atoms with Crippen molar-refractivity contribution in [2.45, 2.75) is 24.9 Å².